The summed E-state index contributed by atoms with van der Waals surface area (Å²) < 4.78 is 1.91. The number of anilines is 1. The summed E-state index contributed by atoms with van der Waals surface area (Å²) in [5.41, 5.74) is 2.68. The van der Waals surface area contributed by atoms with Gasteiger partial charge in [0.05, 0.1) is 0 Å². The highest BCUT2D eigenvalue weighted by molar-refractivity contribution is 6.31. The van der Waals surface area contributed by atoms with Crippen molar-refractivity contribution in [3.05, 3.63) is 53.9 Å². The van der Waals surface area contributed by atoms with Crippen molar-refractivity contribution in [1.29, 1.82) is 0 Å². The number of nitrogens with one attached hydrogen (secondary N) is 1. The third-order valence-electron chi connectivity index (χ3n) is 5.79. The van der Waals surface area contributed by atoms with Gasteiger partial charge in [0.25, 0.3) is 11.8 Å². The third kappa shape index (κ3) is 3.75. The summed E-state index contributed by atoms with van der Waals surface area (Å²) in [6.07, 6.45) is 8.11. The third-order valence-corrected chi connectivity index (χ3v) is 5.79. The SMILES string of the molecule is CN(C)c1ccc(-n2cccc2/C=C2/C(=O)NC(=O)N(C3CCCCC3)C2=O)cc1. The number of hydrogen-bond donors (Lipinski definition) is 1. The molecule has 0 bridgehead atoms. The Hall–Kier alpha value is -3.35. The molecular weight excluding hydrogens is 380 g/mol. The zero-order valence-electron chi connectivity index (χ0n) is 17.3. The molecule has 7 heteroatoms. The number of carbonyl (C=O) groups is 3. The Labute approximate surface area is 176 Å². The highest BCUT2D eigenvalue weighted by Gasteiger charge is 2.40. The molecule has 1 saturated carbocycles. The molecule has 2 fully saturated rings. The second kappa shape index (κ2) is 8.18. The van der Waals surface area contributed by atoms with Crippen molar-refractivity contribution in [2.75, 3.05) is 19.0 Å². The fourth-order valence-corrected chi connectivity index (χ4v) is 4.15. The van der Waals surface area contributed by atoms with Crippen LogP contribution in [0.2, 0.25) is 0 Å². The second-order valence-corrected chi connectivity index (χ2v) is 8.00. The normalized spacial score (nSPS) is 19.3. The van der Waals surface area contributed by atoms with Gasteiger partial charge in [0.15, 0.2) is 0 Å². The monoisotopic (exact) mass is 406 g/mol. The van der Waals surface area contributed by atoms with Crippen molar-refractivity contribution < 1.29 is 14.4 Å². The maximum atomic E-state index is 13.1. The number of amides is 4. The number of rotatable bonds is 4. The maximum Gasteiger partial charge on any atom is 0.331 e. The highest BCUT2D eigenvalue weighted by atomic mass is 16.2. The minimum atomic E-state index is -0.646. The van der Waals surface area contributed by atoms with Gasteiger partial charge in [0.2, 0.25) is 0 Å². The Morgan fingerprint density at radius 2 is 1.70 bits per heavy atom. The van der Waals surface area contributed by atoms with Crippen LogP contribution in [-0.2, 0) is 9.59 Å². The first-order valence-corrected chi connectivity index (χ1v) is 10.3. The van der Waals surface area contributed by atoms with E-state index in [-0.39, 0.29) is 11.6 Å². The van der Waals surface area contributed by atoms with Gasteiger partial charge in [-0.2, -0.15) is 0 Å². The Morgan fingerprint density at radius 1 is 1.00 bits per heavy atom. The Morgan fingerprint density at radius 3 is 2.37 bits per heavy atom. The number of barbiturate groups is 1. The smallest absolute Gasteiger partial charge is 0.331 e. The molecule has 1 saturated heterocycles. The summed E-state index contributed by atoms with van der Waals surface area (Å²) in [7, 11) is 3.96. The molecule has 4 rings (SSSR count). The lowest BCUT2D eigenvalue weighted by Crippen LogP contribution is -2.58. The van der Waals surface area contributed by atoms with Crippen LogP contribution >= 0.6 is 0 Å². The van der Waals surface area contributed by atoms with Crippen LogP contribution in [0.1, 0.15) is 37.8 Å². The van der Waals surface area contributed by atoms with E-state index >= 15 is 0 Å². The minimum absolute atomic E-state index is 0.00923. The number of aromatic nitrogens is 1. The Kier molecular flexibility index (Phi) is 5.44. The van der Waals surface area contributed by atoms with Crippen molar-refractivity contribution in [2.24, 2.45) is 0 Å². The summed E-state index contributed by atoms with van der Waals surface area (Å²) in [4.78, 5) is 41.2. The van der Waals surface area contributed by atoms with Gasteiger partial charge in [-0.25, -0.2) is 4.79 Å². The average molecular weight is 406 g/mol. The molecule has 0 unspecified atom stereocenters. The first-order chi connectivity index (χ1) is 14.5. The molecule has 0 atom stereocenters. The van der Waals surface area contributed by atoms with Gasteiger partial charge in [0.1, 0.15) is 5.57 Å². The number of nitrogens with zero attached hydrogens (tertiary/aromatic N) is 3. The van der Waals surface area contributed by atoms with Gasteiger partial charge in [-0.05, 0) is 55.3 Å². The summed E-state index contributed by atoms with van der Waals surface area (Å²) >= 11 is 0. The zero-order chi connectivity index (χ0) is 21.3. The van der Waals surface area contributed by atoms with Crippen LogP contribution in [0.25, 0.3) is 11.8 Å². The molecule has 2 heterocycles. The quantitative estimate of drug-likeness (QED) is 0.624. The highest BCUT2D eigenvalue weighted by Crippen LogP contribution is 2.27. The molecule has 30 heavy (non-hydrogen) atoms. The standard InChI is InChI=1S/C23H26N4O3/c1-25(2)16-10-12-17(13-11-16)26-14-6-9-19(26)15-20-21(28)24-23(30)27(22(20)29)18-7-4-3-5-8-18/h6,9-15,18H,3-5,7-8H2,1-2H3,(H,24,28,30)/b20-15-. The molecule has 1 aromatic carbocycles. The topological polar surface area (TPSA) is 74.7 Å². The van der Waals surface area contributed by atoms with E-state index in [1.807, 2.05) is 66.2 Å². The number of urea groups is 1. The van der Waals surface area contributed by atoms with Crippen molar-refractivity contribution >= 4 is 29.6 Å². The second-order valence-electron chi connectivity index (χ2n) is 8.00. The lowest BCUT2D eigenvalue weighted by molar-refractivity contribution is -0.132. The molecule has 0 radical (unpaired) electrons. The molecule has 1 aromatic heterocycles. The molecule has 156 valence electrons. The van der Waals surface area contributed by atoms with Gasteiger partial charge >= 0.3 is 6.03 Å². The molecule has 4 amide bonds. The van der Waals surface area contributed by atoms with Gasteiger partial charge in [-0.3, -0.25) is 19.8 Å². The summed E-state index contributed by atoms with van der Waals surface area (Å²) in [5, 5.41) is 2.34. The van der Waals surface area contributed by atoms with Crippen LogP contribution in [0.5, 0.6) is 0 Å². The van der Waals surface area contributed by atoms with Crippen molar-refractivity contribution in [1.82, 2.24) is 14.8 Å². The van der Waals surface area contributed by atoms with Crippen molar-refractivity contribution in [3.8, 4) is 5.69 Å². The lowest BCUT2D eigenvalue weighted by Gasteiger charge is -2.35. The predicted molar refractivity (Wildman–Crippen MR) is 115 cm³/mol. The first-order valence-electron chi connectivity index (χ1n) is 10.3. The Balaban J connectivity index is 1.65. The predicted octanol–water partition coefficient (Wildman–Crippen LogP) is 3.34. The van der Waals surface area contributed by atoms with Crippen LogP contribution in [0.15, 0.2) is 48.2 Å². The van der Waals surface area contributed by atoms with E-state index < -0.39 is 17.8 Å². The molecule has 1 aliphatic carbocycles. The number of imide groups is 2. The first kappa shape index (κ1) is 19.9. The van der Waals surface area contributed by atoms with E-state index in [9.17, 15) is 14.4 Å². The van der Waals surface area contributed by atoms with E-state index in [1.165, 1.54) is 4.90 Å². The average Bonchev–Trinajstić information content (AvgIpc) is 3.20. The van der Waals surface area contributed by atoms with Crippen LogP contribution in [0.3, 0.4) is 0 Å². The fraction of sp³-hybridized carbons (Fsp3) is 0.348. The van der Waals surface area contributed by atoms with Crippen molar-refractivity contribution in [2.45, 2.75) is 38.1 Å². The molecule has 7 nitrogen and oxygen atoms in total. The summed E-state index contributed by atoms with van der Waals surface area (Å²) in [6, 6.07) is 10.9. The van der Waals surface area contributed by atoms with Gasteiger partial charge < -0.3 is 9.47 Å². The Bertz CT molecular complexity index is 998. The van der Waals surface area contributed by atoms with E-state index in [4.69, 9.17) is 0 Å². The van der Waals surface area contributed by atoms with Crippen LogP contribution < -0.4 is 10.2 Å². The molecular formula is C23H26N4O3. The van der Waals surface area contributed by atoms with Crippen LogP contribution in [-0.4, -0.2) is 47.4 Å². The zero-order valence-corrected chi connectivity index (χ0v) is 17.3. The fourth-order valence-electron chi connectivity index (χ4n) is 4.15. The number of carbonyl (C=O) groups excluding carboxylic acids is 3. The molecule has 0 spiro atoms. The van der Waals surface area contributed by atoms with Crippen LogP contribution in [0, 0.1) is 0 Å². The van der Waals surface area contributed by atoms with E-state index in [2.05, 4.69) is 5.32 Å². The summed E-state index contributed by atoms with van der Waals surface area (Å²) in [6.45, 7) is 0. The summed E-state index contributed by atoms with van der Waals surface area (Å²) in [5.74, 6) is -1.15. The molecule has 2 aromatic rings. The van der Waals surface area contributed by atoms with Gasteiger partial charge in [0, 0.05) is 43.4 Å². The number of hydrogen-bond acceptors (Lipinski definition) is 4. The largest absolute Gasteiger partial charge is 0.378 e. The van der Waals surface area contributed by atoms with E-state index in [0.29, 0.717) is 5.69 Å². The lowest BCUT2D eigenvalue weighted by atomic mass is 9.93. The molecule has 1 aliphatic heterocycles. The maximum absolute atomic E-state index is 13.1. The van der Waals surface area contributed by atoms with E-state index in [1.54, 1.807) is 6.08 Å². The minimum Gasteiger partial charge on any atom is -0.378 e. The van der Waals surface area contributed by atoms with Crippen LogP contribution in [0.4, 0.5) is 10.5 Å². The van der Waals surface area contributed by atoms with Crippen molar-refractivity contribution in [3.63, 3.8) is 0 Å². The van der Waals surface area contributed by atoms with E-state index in [0.717, 1.165) is 43.5 Å². The van der Waals surface area contributed by atoms with Gasteiger partial charge in [-0.1, -0.05) is 19.3 Å². The van der Waals surface area contributed by atoms with Gasteiger partial charge in [-0.15, -0.1) is 0 Å². The molecule has 2 aliphatic rings. The molecule has 1 N–H and O–H groups in total. The number of benzene rings is 1.